The Hall–Kier alpha value is -0.580. The smallest absolute Gasteiger partial charge is 0.112 e. The van der Waals surface area contributed by atoms with Crippen molar-refractivity contribution in [2.75, 3.05) is 19.7 Å². The van der Waals surface area contributed by atoms with E-state index in [1.165, 1.54) is 0 Å². The highest BCUT2D eigenvalue weighted by Gasteiger charge is 2.39. The first-order valence-electron chi connectivity index (χ1n) is 7.18. The van der Waals surface area contributed by atoms with Crippen molar-refractivity contribution in [2.24, 2.45) is 5.84 Å². The van der Waals surface area contributed by atoms with Crippen molar-refractivity contribution >= 4 is 0 Å². The molecule has 0 bridgehead atoms. The van der Waals surface area contributed by atoms with Gasteiger partial charge in [0, 0.05) is 5.54 Å². The molecule has 4 heteroatoms. The first-order chi connectivity index (χ1) is 8.63. The van der Waals surface area contributed by atoms with Crippen LogP contribution >= 0.6 is 0 Å². The SMILES string of the molecule is CCN(CC)C(C)(CC)C(NN)C1=CCCCO1. The van der Waals surface area contributed by atoms with Crippen LogP contribution in [-0.4, -0.2) is 36.2 Å². The normalized spacial score (nSPS) is 21.1. The Kier molecular flexibility index (Phi) is 6.12. The molecule has 0 amide bonds. The summed E-state index contributed by atoms with van der Waals surface area (Å²) in [5.74, 6) is 6.83. The average Bonchev–Trinajstić information content (AvgIpc) is 2.42. The molecular formula is C14H29N3O. The second kappa shape index (κ2) is 7.12. The minimum atomic E-state index is -0.0125. The van der Waals surface area contributed by atoms with E-state index in [-0.39, 0.29) is 11.6 Å². The van der Waals surface area contributed by atoms with Gasteiger partial charge in [-0.15, -0.1) is 0 Å². The second-order valence-electron chi connectivity index (χ2n) is 5.08. The third-order valence-corrected chi connectivity index (χ3v) is 4.24. The van der Waals surface area contributed by atoms with Gasteiger partial charge in [0.05, 0.1) is 12.6 Å². The van der Waals surface area contributed by atoms with Gasteiger partial charge >= 0.3 is 0 Å². The standard InChI is InChI=1S/C14H29N3O/c1-5-14(4,17(6-2)7-3)13(16-15)12-10-8-9-11-18-12/h10,13,16H,5-9,11,15H2,1-4H3. The Morgan fingerprint density at radius 3 is 2.50 bits per heavy atom. The van der Waals surface area contributed by atoms with Gasteiger partial charge in [-0.25, -0.2) is 5.43 Å². The predicted octanol–water partition coefficient (Wildman–Crippen LogP) is 2.02. The summed E-state index contributed by atoms with van der Waals surface area (Å²) < 4.78 is 5.81. The van der Waals surface area contributed by atoms with Gasteiger partial charge in [-0.2, -0.15) is 0 Å². The Balaban J connectivity index is 2.97. The third-order valence-electron chi connectivity index (χ3n) is 4.24. The van der Waals surface area contributed by atoms with Gasteiger partial charge in [0.15, 0.2) is 0 Å². The number of hydrazine groups is 1. The molecule has 0 saturated heterocycles. The monoisotopic (exact) mass is 255 g/mol. The molecule has 2 atom stereocenters. The van der Waals surface area contributed by atoms with Crippen molar-refractivity contribution in [2.45, 2.75) is 58.5 Å². The molecule has 4 nitrogen and oxygen atoms in total. The summed E-state index contributed by atoms with van der Waals surface area (Å²) in [6.07, 6.45) is 5.41. The average molecular weight is 255 g/mol. The lowest BCUT2D eigenvalue weighted by Crippen LogP contribution is -2.61. The topological polar surface area (TPSA) is 50.5 Å². The molecular weight excluding hydrogens is 226 g/mol. The molecule has 18 heavy (non-hydrogen) atoms. The summed E-state index contributed by atoms with van der Waals surface area (Å²) >= 11 is 0. The number of allylic oxidation sites excluding steroid dienone is 1. The molecule has 1 aliphatic rings. The maximum absolute atomic E-state index is 5.81. The molecule has 1 heterocycles. The number of likely N-dealkylation sites (N-methyl/N-ethyl adjacent to an activating group) is 1. The number of nitrogens with two attached hydrogens (primary N) is 1. The number of ether oxygens (including phenoxy) is 1. The zero-order chi connectivity index (χ0) is 13.6. The molecule has 0 saturated carbocycles. The van der Waals surface area contributed by atoms with Crippen LogP contribution < -0.4 is 11.3 Å². The summed E-state index contributed by atoms with van der Waals surface area (Å²) in [5, 5.41) is 0. The lowest BCUT2D eigenvalue weighted by molar-refractivity contribution is 0.0489. The molecule has 0 aromatic rings. The Morgan fingerprint density at radius 1 is 1.44 bits per heavy atom. The van der Waals surface area contributed by atoms with Crippen molar-refractivity contribution in [3.05, 3.63) is 11.8 Å². The van der Waals surface area contributed by atoms with Gasteiger partial charge in [-0.05, 0) is 45.4 Å². The number of nitrogens with one attached hydrogen (secondary N) is 1. The first-order valence-corrected chi connectivity index (χ1v) is 7.18. The van der Waals surface area contributed by atoms with Crippen molar-refractivity contribution < 1.29 is 4.74 Å². The Bertz CT molecular complexity index is 276. The van der Waals surface area contributed by atoms with E-state index in [0.717, 1.165) is 44.7 Å². The van der Waals surface area contributed by atoms with Crippen LogP contribution in [0.1, 0.15) is 47.0 Å². The van der Waals surface area contributed by atoms with E-state index in [4.69, 9.17) is 10.6 Å². The maximum atomic E-state index is 5.81. The molecule has 0 spiro atoms. The number of hydrogen-bond acceptors (Lipinski definition) is 4. The molecule has 3 N–H and O–H groups in total. The second-order valence-corrected chi connectivity index (χ2v) is 5.08. The van der Waals surface area contributed by atoms with E-state index in [2.05, 4.69) is 44.1 Å². The van der Waals surface area contributed by atoms with Gasteiger partial charge in [-0.1, -0.05) is 20.8 Å². The molecule has 0 radical (unpaired) electrons. The number of nitrogens with zero attached hydrogens (tertiary/aromatic N) is 1. The van der Waals surface area contributed by atoms with Crippen LogP contribution in [0.3, 0.4) is 0 Å². The molecule has 2 unspecified atom stereocenters. The van der Waals surface area contributed by atoms with Gasteiger partial charge in [-0.3, -0.25) is 10.7 Å². The zero-order valence-corrected chi connectivity index (χ0v) is 12.3. The van der Waals surface area contributed by atoms with Crippen LogP contribution in [0, 0.1) is 0 Å². The molecule has 0 aliphatic carbocycles. The van der Waals surface area contributed by atoms with Gasteiger partial charge in [0.2, 0.25) is 0 Å². The summed E-state index contributed by atoms with van der Waals surface area (Å²) in [7, 11) is 0. The highest BCUT2D eigenvalue weighted by Crippen LogP contribution is 2.29. The van der Waals surface area contributed by atoms with E-state index < -0.39 is 0 Å². The molecule has 0 aromatic carbocycles. The zero-order valence-electron chi connectivity index (χ0n) is 12.3. The van der Waals surface area contributed by atoms with Crippen LogP contribution in [0.2, 0.25) is 0 Å². The van der Waals surface area contributed by atoms with Crippen LogP contribution in [0.25, 0.3) is 0 Å². The van der Waals surface area contributed by atoms with Crippen LogP contribution in [0.4, 0.5) is 0 Å². The summed E-state index contributed by atoms with van der Waals surface area (Å²) in [6.45, 7) is 11.7. The molecule has 0 aromatic heterocycles. The van der Waals surface area contributed by atoms with E-state index >= 15 is 0 Å². The molecule has 106 valence electrons. The maximum Gasteiger partial charge on any atom is 0.112 e. The molecule has 0 fully saturated rings. The van der Waals surface area contributed by atoms with Crippen molar-refractivity contribution in [3.63, 3.8) is 0 Å². The minimum Gasteiger partial charge on any atom is -0.496 e. The van der Waals surface area contributed by atoms with Crippen LogP contribution in [-0.2, 0) is 4.74 Å². The summed E-state index contributed by atoms with van der Waals surface area (Å²) in [6, 6.07) is 0.0581. The lowest BCUT2D eigenvalue weighted by atomic mass is 9.85. The van der Waals surface area contributed by atoms with E-state index in [9.17, 15) is 0 Å². The van der Waals surface area contributed by atoms with Crippen molar-refractivity contribution in [3.8, 4) is 0 Å². The minimum absolute atomic E-state index is 0.0125. The van der Waals surface area contributed by atoms with E-state index in [0.29, 0.717) is 0 Å². The third kappa shape index (κ3) is 3.05. The van der Waals surface area contributed by atoms with Gasteiger partial charge in [0.1, 0.15) is 5.76 Å². The van der Waals surface area contributed by atoms with E-state index in [1.54, 1.807) is 0 Å². The number of hydrogen-bond donors (Lipinski definition) is 2. The molecule has 1 aliphatic heterocycles. The highest BCUT2D eigenvalue weighted by atomic mass is 16.5. The summed E-state index contributed by atoms with van der Waals surface area (Å²) in [5.41, 5.74) is 2.96. The fraction of sp³-hybridized carbons (Fsp3) is 0.857. The summed E-state index contributed by atoms with van der Waals surface area (Å²) in [4.78, 5) is 2.45. The Morgan fingerprint density at radius 2 is 2.11 bits per heavy atom. The quantitative estimate of drug-likeness (QED) is 0.540. The van der Waals surface area contributed by atoms with Crippen LogP contribution in [0.15, 0.2) is 11.8 Å². The van der Waals surface area contributed by atoms with Crippen LogP contribution in [0.5, 0.6) is 0 Å². The highest BCUT2D eigenvalue weighted by molar-refractivity contribution is 5.14. The van der Waals surface area contributed by atoms with Gasteiger partial charge < -0.3 is 4.74 Å². The van der Waals surface area contributed by atoms with Gasteiger partial charge in [0.25, 0.3) is 0 Å². The molecule has 1 rings (SSSR count). The van der Waals surface area contributed by atoms with Crippen molar-refractivity contribution in [1.29, 1.82) is 0 Å². The first kappa shape index (κ1) is 15.5. The van der Waals surface area contributed by atoms with E-state index in [1.807, 2.05) is 0 Å². The fourth-order valence-corrected chi connectivity index (χ4v) is 2.90. The lowest BCUT2D eigenvalue weighted by Gasteiger charge is -2.46. The Labute approximate surface area is 112 Å². The number of rotatable bonds is 7. The fourth-order valence-electron chi connectivity index (χ4n) is 2.90. The van der Waals surface area contributed by atoms with Crippen molar-refractivity contribution in [1.82, 2.24) is 10.3 Å². The largest absolute Gasteiger partial charge is 0.496 e. The predicted molar refractivity (Wildman–Crippen MR) is 76.0 cm³/mol.